The SMILES string of the molecule is CC1C2C3CC4C5C6CC7C8CC9C%10C1C21C34C52C76C89C%1012. The molecule has 104 valence electrons. The van der Waals surface area contributed by atoms with E-state index in [9.17, 15) is 0 Å². The maximum absolute atomic E-state index is 2.70. The molecule has 12 saturated carbocycles. The van der Waals surface area contributed by atoms with Crippen molar-refractivity contribution in [3.05, 3.63) is 0 Å². The Morgan fingerprint density at radius 1 is 0.524 bits per heavy atom. The summed E-state index contributed by atoms with van der Waals surface area (Å²) in [6.45, 7) is 2.70. The number of hydrogen-bond donors (Lipinski definition) is 0. The van der Waals surface area contributed by atoms with Crippen LogP contribution in [0.5, 0.6) is 0 Å². The van der Waals surface area contributed by atoms with Crippen LogP contribution in [-0.2, 0) is 0 Å². The van der Waals surface area contributed by atoms with Crippen LogP contribution in [0.3, 0.4) is 0 Å². The zero-order valence-corrected chi connectivity index (χ0v) is 12.5. The maximum Gasteiger partial charge on any atom is -0.00570 e. The first-order valence-corrected chi connectivity index (χ1v) is 10.3. The molecule has 0 aromatic heterocycles. The first-order valence-electron chi connectivity index (χ1n) is 10.3. The Balaban J connectivity index is 1.33. The lowest BCUT2D eigenvalue weighted by molar-refractivity contribution is -0.916. The molecule has 0 nitrogen and oxygen atoms in total. The fraction of sp³-hybridized carbons (Fsp3) is 1.00. The van der Waals surface area contributed by atoms with Gasteiger partial charge in [-0.1, -0.05) is 6.92 Å². The molecule has 0 heterocycles. The fourth-order valence-electron chi connectivity index (χ4n) is 18.0. The normalized spacial score (nSPS) is 115. The Kier molecular flexibility index (Phi) is 0.544. The molecule has 21 heavy (non-hydrogen) atoms. The Morgan fingerprint density at radius 2 is 1.05 bits per heavy atom. The van der Waals surface area contributed by atoms with E-state index in [2.05, 4.69) is 6.92 Å². The highest BCUT2D eigenvalue weighted by molar-refractivity contribution is 5.80. The summed E-state index contributed by atoms with van der Waals surface area (Å²) in [6, 6.07) is 0. The largest absolute Gasteiger partial charge is 0.0619 e. The lowest BCUT2D eigenvalue weighted by Crippen LogP contribution is -3.35. The van der Waals surface area contributed by atoms with Crippen LogP contribution in [0.25, 0.3) is 0 Å². The van der Waals surface area contributed by atoms with Crippen LogP contribution >= 0.6 is 0 Å². The van der Waals surface area contributed by atoms with Gasteiger partial charge in [0.1, 0.15) is 0 Å². The van der Waals surface area contributed by atoms with E-state index in [-0.39, 0.29) is 0 Å². The molecular formula is C21H20. The summed E-state index contributed by atoms with van der Waals surface area (Å²) in [5.41, 5.74) is 6.51. The van der Waals surface area contributed by atoms with Crippen molar-refractivity contribution in [3.63, 3.8) is 0 Å². The van der Waals surface area contributed by atoms with Crippen molar-refractivity contribution in [1.29, 1.82) is 0 Å². The van der Waals surface area contributed by atoms with Crippen LogP contribution in [0.2, 0.25) is 0 Å². The highest BCUT2D eigenvalue weighted by Gasteiger charge is 3.35. The van der Waals surface area contributed by atoms with Gasteiger partial charge in [0.25, 0.3) is 0 Å². The molecule has 12 fully saturated rings. The zero-order chi connectivity index (χ0) is 12.5. The van der Waals surface area contributed by atoms with E-state index >= 15 is 0 Å². The van der Waals surface area contributed by atoms with Gasteiger partial charge in [-0.25, -0.2) is 0 Å². The maximum atomic E-state index is 2.70. The van der Waals surface area contributed by atoms with Gasteiger partial charge in [-0.15, -0.1) is 0 Å². The average molecular weight is 272 g/mol. The zero-order valence-electron chi connectivity index (χ0n) is 12.5. The summed E-state index contributed by atoms with van der Waals surface area (Å²) in [7, 11) is 0. The third kappa shape index (κ3) is 0.232. The van der Waals surface area contributed by atoms with Crippen molar-refractivity contribution in [2.45, 2.75) is 26.2 Å². The summed E-state index contributed by atoms with van der Waals surface area (Å²) in [6.07, 6.45) is 5.20. The fourth-order valence-corrected chi connectivity index (χ4v) is 18.0. The van der Waals surface area contributed by atoms with Crippen LogP contribution in [0, 0.1) is 97.6 Å². The molecule has 0 aliphatic heterocycles. The Labute approximate surface area is 124 Å². The van der Waals surface area contributed by atoms with E-state index in [1.165, 1.54) is 65.1 Å². The molecule has 0 heteroatoms. The van der Waals surface area contributed by atoms with E-state index in [1.807, 2.05) is 0 Å². The number of hydrogen-bond acceptors (Lipinski definition) is 0. The monoisotopic (exact) mass is 272 g/mol. The van der Waals surface area contributed by atoms with E-state index in [4.69, 9.17) is 0 Å². The van der Waals surface area contributed by atoms with E-state index < -0.39 is 0 Å². The molecular weight excluding hydrogens is 252 g/mol. The average Bonchev–Trinajstić information content (AvgIpc) is 2.36. The number of fused-ring (bicyclic) bond motifs is 6. The second-order valence-corrected chi connectivity index (χ2v) is 12.4. The lowest BCUT2D eigenvalue weighted by atomic mass is 8.66. The molecule has 12 rings (SSSR count). The predicted molar refractivity (Wildman–Crippen MR) is 72.5 cm³/mol. The summed E-state index contributed by atoms with van der Waals surface area (Å²) in [5, 5.41) is 0. The molecule has 17 unspecified atom stereocenters. The molecule has 0 aromatic carbocycles. The first-order chi connectivity index (χ1) is 10.3. The van der Waals surface area contributed by atoms with E-state index in [0.29, 0.717) is 0 Å². The van der Waals surface area contributed by atoms with Crippen LogP contribution in [0.4, 0.5) is 0 Å². The smallest absolute Gasteiger partial charge is 0.00570 e. The third-order valence-corrected chi connectivity index (χ3v) is 15.4. The highest BCUT2D eigenvalue weighted by atomic mass is 15.4. The highest BCUT2D eigenvalue weighted by Crippen LogP contribution is 3.37. The van der Waals surface area contributed by atoms with Gasteiger partial charge in [0.2, 0.25) is 0 Å². The molecule has 12 aliphatic carbocycles. The predicted octanol–water partition coefficient (Wildman–Crippen LogP) is 3.04. The lowest BCUT2D eigenvalue weighted by Gasteiger charge is -3.37. The second-order valence-electron chi connectivity index (χ2n) is 12.4. The van der Waals surface area contributed by atoms with Gasteiger partial charge in [-0.2, -0.15) is 0 Å². The molecule has 0 aromatic rings. The summed E-state index contributed by atoms with van der Waals surface area (Å²) >= 11 is 0. The Morgan fingerprint density at radius 3 is 1.81 bits per heavy atom. The summed E-state index contributed by atoms with van der Waals surface area (Å²) in [5.74, 6) is 14.3. The molecule has 0 saturated heterocycles. The minimum atomic E-state index is 1.07. The van der Waals surface area contributed by atoms with Crippen molar-refractivity contribution < 1.29 is 0 Å². The van der Waals surface area contributed by atoms with E-state index in [1.54, 1.807) is 19.3 Å². The second kappa shape index (κ2) is 1.39. The van der Waals surface area contributed by atoms with E-state index in [0.717, 1.165) is 32.5 Å². The molecule has 0 N–H and O–H groups in total. The molecule has 0 bridgehead atoms. The van der Waals surface area contributed by atoms with Crippen molar-refractivity contribution >= 4 is 0 Å². The van der Waals surface area contributed by atoms with Crippen LogP contribution < -0.4 is 0 Å². The molecule has 6 spiro atoms. The Hall–Kier alpha value is 0. The van der Waals surface area contributed by atoms with Gasteiger partial charge in [-0.3, -0.25) is 0 Å². The van der Waals surface area contributed by atoms with Gasteiger partial charge >= 0.3 is 0 Å². The van der Waals surface area contributed by atoms with Gasteiger partial charge in [0.15, 0.2) is 0 Å². The molecule has 12 aliphatic rings. The molecule has 0 radical (unpaired) electrons. The topological polar surface area (TPSA) is 0 Å². The first kappa shape index (κ1) is 8.20. The van der Waals surface area contributed by atoms with Crippen LogP contribution in [0.1, 0.15) is 26.2 Å². The van der Waals surface area contributed by atoms with Gasteiger partial charge in [-0.05, 0) is 117 Å². The standard InChI is InChI=1S/C21H20/c1-5-12-8-4-10-14-9-2-6-7-3-11-15-13(5)19(12)18(8,10)20(14)16(6,9)17(7,11)21(15,19)20/h5-15H,2-4H2,1H3. The summed E-state index contributed by atoms with van der Waals surface area (Å²) < 4.78 is 0. The third-order valence-electron chi connectivity index (χ3n) is 15.4. The van der Waals surface area contributed by atoms with Crippen molar-refractivity contribution in [2.24, 2.45) is 97.6 Å². The van der Waals surface area contributed by atoms with Crippen LogP contribution in [0.15, 0.2) is 0 Å². The minimum absolute atomic E-state index is 1.07. The quantitative estimate of drug-likeness (QED) is 0.636. The van der Waals surface area contributed by atoms with Crippen molar-refractivity contribution in [3.8, 4) is 0 Å². The van der Waals surface area contributed by atoms with Crippen molar-refractivity contribution in [2.75, 3.05) is 0 Å². The van der Waals surface area contributed by atoms with Gasteiger partial charge in [0, 0.05) is 0 Å². The number of rotatable bonds is 0. The van der Waals surface area contributed by atoms with Gasteiger partial charge < -0.3 is 0 Å². The Bertz CT molecular complexity index is 882. The molecule has 17 atom stereocenters. The van der Waals surface area contributed by atoms with Crippen LogP contribution in [-0.4, -0.2) is 0 Å². The summed E-state index contributed by atoms with van der Waals surface area (Å²) in [4.78, 5) is 0. The van der Waals surface area contributed by atoms with Gasteiger partial charge in [0.05, 0.1) is 0 Å². The minimum Gasteiger partial charge on any atom is -0.0619 e. The van der Waals surface area contributed by atoms with Crippen molar-refractivity contribution in [1.82, 2.24) is 0 Å². The molecule has 0 amide bonds.